The summed E-state index contributed by atoms with van der Waals surface area (Å²) in [6, 6.07) is 76.1. The summed E-state index contributed by atoms with van der Waals surface area (Å²) in [6.45, 7) is 0. The van der Waals surface area contributed by atoms with Crippen LogP contribution in [-0.4, -0.2) is 18.3 Å². The molecule has 80 heavy (non-hydrogen) atoms. The van der Waals surface area contributed by atoms with E-state index in [2.05, 4.69) is 109 Å². The van der Waals surface area contributed by atoms with E-state index < -0.39 is 23.5 Å². The minimum absolute atomic E-state index is 0.0894. The van der Waals surface area contributed by atoms with Crippen LogP contribution in [0.4, 0.5) is 26.3 Å². The molecule has 0 N–H and O–H groups in total. The molecule has 0 saturated carbocycles. The third-order valence-corrected chi connectivity index (χ3v) is 15.8. The van der Waals surface area contributed by atoms with Gasteiger partial charge >= 0.3 is 12.4 Å². The minimum Gasteiger partial charge on any atom is -0.309 e. The number of hydrogen-bond donors (Lipinski definition) is 0. The molecule has 382 valence electrons. The summed E-state index contributed by atoms with van der Waals surface area (Å²) in [5.41, 5.74) is 8.35. The normalized spacial score (nSPS) is 12.4. The van der Waals surface area contributed by atoms with Gasteiger partial charge in [0.15, 0.2) is 0 Å². The lowest BCUT2D eigenvalue weighted by Gasteiger charge is -2.21. The summed E-state index contributed by atoms with van der Waals surface area (Å²) in [5, 5.41) is 19.4. The summed E-state index contributed by atoms with van der Waals surface area (Å²) in [5.74, 6) is 0. The van der Waals surface area contributed by atoms with Crippen LogP contribution in [0.3, 0.4) is 0 Å². The molecule has 4 aromatic heterocycles. The Balaban J connectivity index is 1.02. The Hall–Kier alpha value is -10.3. The molecule has 0 amide bonds. The summed E-state index contributed by atoms with van der Waals surface area (Å²) in [4.78, 5) is 0. The fraction of sp³-hybridized carbons (Fsp3) is 0.0290. The Bertz CT molecular complexity index is 5000. The van der Waals surface area contributed by atoms with Crippen molar-refractivity contribution in [3.63, 3.8) is 0 Å². The van der Waals surface area contributed by atoms with Gasteiger partial charge in [0.05, 0.1) is 78.3 Å². The molecule has 11 aromatic carbocycles. The SMILES string of the molecule is N#Cc1cccc(-n2c3ccccc3c3cc(-n4c5ccccc5c5ccccc54)ccc32)c1-c1cc(-c2cc(C(F)(F)F)cc(C(F)(F)F)c2)ccc1-n1c2ccccc2c2cc(-n3c4ccccc4c4ccccc43)ccc21. The van der Waals surface area contributed by atoms with Gasteiger partial charge in [-0.25, -0.2) is 0 Å². The molecular weight excluding hydrogens is 1010 g/mol. The highest BCUT2D eigenvalue weighted by atomic mass is 19.4. The van der Waals surface area contributed by atoms with Gasteiger partial charge in [-0.1, -0.05) is 121 Å². The molecule has 4 heterocycles. The Labute approximate surface area is 451 Å². The number of aromatic nitrogens is 4. The molecule has 11 heteroatoms. The zero-order valence-electron chi connectivity index (χ0n) is 42.0. The fourth-order valence-electron chi connectivity index (χ4n) is 12.5. The molecule has 0 spiro atoms. The maximum atomic E-state index is 14.6. The third kappa shape index (κ3) is 7.05. The average molecular weight is 1050 g/mol. The molecule has 5 nitrogen and oxygen atoms in total. The number of halogens is 6. The van der Waals surface area contributed by atoms with Gasteiger partial charge in [-0.05, 0) is 126 Å². The van der Waals surface area contributed by atoms with Gasteiger partial charge < -0.3 is 18.3 Å². The highest BCUT2D eigenvalue weighted by Gasteiger charge is 2.37. The standard InChI is InChI=1S/C69H39F6N5/c70-68(71,72)44-34-43(35-45(37-44)69(73,74)75)41-28-31-65(79-61-25-11-5-19-52(61)54-38-46(29-32-63(54)79)77-57-21-7-1-15-48(57)49-16-2-8-22-58(49)77)56(36-41)67-42(40-76)14-13-27-66(67)80-62-26-12-6-20-53(62)55-39-47(30-33-64(55)80)78-59-23-9-3-17-50(59)51-18-4-10-24-60(51)78/h1-39H. The number of hydrogen-bond acceptors (Lipinski definition) is 1. The predicted octanol–water partition coefficient (Wildman–Crippen LogP) is 19.3. The second-order valence-corrected chi connectivity index (χ2v) is 20.2. The van der Waals surface area contributed by atoms with Gasteiger partial charge in [0.1, 0.15) is 0 Å². The molecule has 0 radical (unpaired) electrons. The van der Waals surface area contributed by atoms with E-state index in [9.17, 15) is 31.6 Å². The minimum atomic E-state index is -5.08. The topological polar surface area (TPSA) is 43.5 Å². The van der Waals surface area contributed by atoms with E-state index in [1.54, 1.807) is 30.3 Å². The molecule has 0 unspecified atom stereocenters. The second-order valence-electron chi connectivity index (χ2n) is 20.2. The van der Waals surface area contributed by atoms with Crippen LogP contribution in [0.15, 0.2) is 237 Å². The van der Waals surface area contributed by atoms with Crippen molar-refractivity contribution in [2.75, 3.05) is 0 Å². The summed E-state index contributed by atoms with van der Waals surface area (Å²) in [7, 11) is 0. The quantitative estimate of drug-likeness (QED) is 0.153. The average Bonchev–Trinajstić information content (AvgIpc) is 4.31. The summed E-state index contributed by atoms with van der Waals surface area (Å²) in [6.07, 6.45) is -10.2. The molecule has 15 aromatic rings. The third-order valence-electron chi connectivity index (χ3n) is 15.8. The first-order valence-electron chi connectivity index (χ1n) is 25.9. The highest BCUT2D eigenvalue weighted by Crippen LogP contribution is 2.47. The van der Waals surface area contributed by atoms with Gasteiger partial charge in [-0.2, -0.15) is 31.6 Å². The molecule has 0 bridgehead atoms. The van der Waals surface area contributed by atoms with Crippen LogP contribution in [0.2, 0.25) is 0 Å². The van der Waals surface area contributed by atoms with Crippen LogP contribution >= 0.6 is 0 Å². The number of para-hydroxylation sites is 6. The van der Waals surface area contributed by atoms with Crippen molar-refractivity contribution in [2.45, 2.75) is 12.4 Å². The Morgan fingerprint density at radius 3 is 1.09 bits per heavy atom. The van der Waals surface area contributed by atoms with E-state index in [1.165, 1.54) is 0 Å². The van der Waals surface area contributed by atoms with E-state index in [0.29, 0.717) is 22.5 Å². The van der Waals surface area contributed by atoms with E-state index >= 15 is 0 Å². The summed E-state index contributed by atoms with van der Waals surface area (Å²) >= 11 is 0. The molecule has 0 aliphatic rings. The van der Waals surface area contributed by atoms with Crippen molar-refractivity contribution in [2.24, 2.45) is 0 Å². The van der Waals surface area contributed by atoms with E-state index in [4.69, 9.17) is 0 Å². The Morgan fingerprint density at radius 2 is 0.675 bits per heavy atom. The first-order valence-corrected chi connectivity index (χ1v) is 25.9. The maximum absolute atomic E-state index is 14.6. The van der Waals surface area contributed by atoms with Crippen LogP contribution in [-0.2, 0) is 12.4 Å². The van der Waals surface area contributed by atoms with Crippen LogP contribution in [0, 0.1) is 11.3 Å². The number of nitrogens with zero attached hydrogens (tertiary/aromatic N) is 5. The van der Waals surface area contributed by atoms with Crippen molar-refractivity contribution < 1.29 is 26.3 Å². The number of benzene rings is 11. The number of nitriles is 1. The fourth-order valence-corrected chi connectivity index (χ4v) is 12.5. The lowest BCUT2D eigenvalue weighted by atomic mass is 9.91. The number of rotatable bonds is 6. The smallest absolute Gasteiger partial charge is 0.309 e. The van der Waals surface area contributed by atoms with Gasteiger partial charge in [0, 0.05) is 65.6 Å². The summed E-state index contributed by atoms with van der Waals surface area (Å²) < 4.78 is 96.3. The lowest BCUT2D eigenvalue weighted by molar-refractivity contribution is -0.143. The van der Waals surface area contributed by atoms with E-state index in [1.807, 2.05) is 103 Å². The van der Waals surface area contributed by atoms with Crippen molar-refractivity contribution in [3.05, 3.63) is 253 Å². The highest BCUT2D eigenvalue weighted by molar-refractivity contribution is 6.15. The Morgan fingerprint density at radius 1 is 0.300 bits per heavy atom. The first-order chi connectivity index (χ1) is 38.9. The molecule has 0 atom stereocenters. The van der Waals surface area contributed by atoms with Crippen molar-refractivity contribution in [1.82, 2.24) is 18.3 Å². The maximum Gasteiger partial charge on any atom is 0.416 e. The molecule has 0 aliphatic heterocycles. The molecule has 0 saturated heterocycles. The largest absolute Gasteiger partial charge is 0.416 e. The van der Waals surface area contributed by atoms with E-state index in [0.717, 1.165) is 111 Å². The van der Waals surface area contributed by atoms with Gasteiger partial charge in [0.25, 0.3) is 0 Å². The van der Waals surface area contributed by atoms with Crippen LogP contribution in [0.5, 0.6) is 0 Å². The molecule has 0 fully saturated rings. The van der Waals surface area contributed by atoms with Crippen molar-refractivity contribution in [1.29, 1.82) is 5.26 Å². The molecule has 15 rings (SSSR count). The lowest BCUT2D eigenvalue weighted by Crippen LogP contribution is -2.11. The van der Waals surface area contributed by atoms with Gasteiger partial charge in [-0.15, -0.1) is 0 Å². The van der Waals surface area contributed by atoms with Crippen LogP contribution < -0.4 is 0 Å². The van der Waals surface area contributed by atoms with Gasteiger partial charge in [-0.3, -0.25) is 0 Å². The number of fused-ring (bicyclic) bond motifs is 12. The van der Waals surface area contributed by atoms with E-state index in [-0.39, 0.29) is 22.8 Å². The number of alkyl halides is 6. The monoisotopic (exact) mass is 1050 g/mol. The van der Waals surface area contributed by atoms with Crippen LogP contribution in [0.1, 0.15) is 16.7 Å². The Kier molecular flexibility index (Phi) is 10.2. The first kappa shape index (κ1) is 46.9. The molecular formula is C69H39F6N5. The predicted molar refractivity (Wildman–Crippen MR) is 309 cm³/mol. The van der Waals surface area contributed by atoms with Crippen molar-refractivity contribution in [3.8, 4) is 51.1 Å². The van der Waals surface area contributed by atoms with Crippen molar-refractivity contribution >= 4 is 87.2 Å². The molecule has 0 aliphatic carbocycles. The zero-order valence-corrected chi connectivity index (χ0v) is 42.0. The zero-order chi connectivity index (χ0) is 54.2. The van der Waals surface area contributed by atoms with Gasteiger partial charge in [0.2, 0.25) is 0 Å². The second kappa shape index (κ2) is 17.3. The van der Waals surface area contributed by atoms with Crippen LogP contribution in [0.25, 0.3) is 132 Å².